The van der Waals surface area contributed by atoms with Gasteiger partial charge in [-0.1, -0.05) is 48.5 Å². The maximum absolute atomic E-state index is 12.8. The van der Waals surface area contributed by atoms with Gasteiger partial charge in [0, 0.05) is 38.3 Å². The summed E-state index contributed by atoms with van der Waals surface area (Å²) in [6, 6.07) is 13.6. The molecule has 1 saturated heterocycles. The monoisotopic (exact) mass is 462 g/mol. The molecule has 178 valence electrons. The first kappa shape index (κ1) is 23.6. The zero-order valence-electron chi connectivity index (χ0n) is 19.4. The molecule has 2 heterocycles. The lowest BCUT2D eigenvalue weighted by Crippen LogP contribution is -2.49. The second-order valence-corrected chi connectivity index (χ2v) is 8.90. The number of hydrogen-bond acceptors (Lipinski definition) is 7. The van der Waals surface area contributed by atoms with Gasteiger partial charge in [-0.15, -0.1) is 0 Å². The number of ether oxygens (including phenoxy) is 1. The largest absolute Gasteiger partial charge is 0.457 e. The summed E-state index contributed by atoms with van der Waals surface area (Å²) in [5, 5.41) is 11.7. The molecule has 34 heavy (non-hydrogen) atoms. The van der Waals surface area contributed by atoms with Gasteiger partial charge in [0.15, 0.2) is 0 Å². The third-order valence-corrected chi connectivity index (χ3v) is 6.53. The highest BCUT2D eigenvalue weighted by atomic mass is 16.5. The van der Waals surface area contributed by atoms with E-state index in [1.54, 1.807) is 0 Å². The molecule has 4 rings (SSSR count). The number of esters is 1. The van der Waals surface area contributed by atoms with Gasteiger partial charge < -0.3 is 9.64 Å². The van der Waals surface area contributed by atoms with Crippen LogP contribution < -0.4 is 0 Å². The Balaban J connectivity index is 1.24. The number of fused-ring (bicyclic) bond motifs is 1. The summed E-state index contributed by atoms with van der Waals surface area (Å²) in [4.78, 5) is 28.8. The number of piperazine rings is 1. The molecule has 0 bridgehead atoms. The summed E-state index contributed by atoms with van der Waals surface area (Å²) in [7, 11) is 0. The Labute approximate surface area is 199 Å². The molecule has 0 saturated carbocycles. The molecule has 2 N–H and O–H groups in total. The molecular weight excluding hydrogens is 432 g/mol. The highest BCUT2D eigenvalue weighted by Crippen LogP contribution is 2.25. The van der Waals surface area contributed by atoms with Gasteiger partial charge in [-0.2, -0.15) is 5.53 Å². The van der Waals surface area contributed by atoms with Gasteiger partial charge in [0.05, 0.1) is 18.5 Å². The minimum absolute atomic E-state index is 0.131. The van der Waals surface area contributed by atoms with Crippen molar-refractivity contribution in [3.63, 3.8) is 0 Å². The first-order valence-electron chi connectivity index (χ1n) is 11.5. The molecule has 1 fully saturated rings. The van der Waals surface area contributed by atoms with Crippen molar-refractivity contribution in [3.8, 4) is 0 Å². The van der Waals surface area contributed by atoms with Gasteiger partial charge in [-0.3, -0.25) is 15.1 Å². The molecule has 2 aliphatic rings. The maximum atomic E-state index is 12.8. The van der Waals surface area contributed by atoms with E-state index in [-0.39, 0.29) is 11.9 Å². The van der Waals surface area contributed by atoms with E-state index in [1.807, 2.05) is 41.3 Å². The van der Waals surface area contributed by atoms with E-state index in [0.29, 0.717) is 31.1 Å². The Kier molecular flexibility index (Phi) is 7.32. The molecule has 2 aromatic carbocycles. The molecule has 0 aliphatic carbocycles. The molecule has 0 radical (unpaired) electrons. The van der Waals surface area contributed by atoms with Gasteiger partial charge in [0.1, 0.15) is 12.9 Å². The summed E-state index contributed by atoms with van der Waals surface area (Å²) < 4.78 is 5.11. The summed E-state index contributed by atoms with van der Waals surface area (Å²) in [6.45, 7) is 6.95. The number of nitrogens with one attached hydrogen (secondary N) is 2. The SMILES string of the molecule is CC(CN1CCN(C(=O)Cc2ccc(CN(C=N)N=N)cc2)CC1)c1ccc2c(c1)COC2=O. The zero-order chi connectivity index (χ0) is 24.1. The number of rotatable bonds is 9. The Morgan fingerprint density at radius 1 is 1.15 bits per heavy atom. The molecule has 0 spiro atoms. The van der Waals surface area contributed by atoms with Crippen molar-refractivity contribution in [2.75, 3.05) is 32.7 Å². The minimum atomic E-state index is -0.236. The number of nitrogens with zero attached hydrogens (tertiary/aromatic N) is 4. The predicted molar refractivity (Wildman–Crippen MR) is 127 cm³/mol. The Morgan fingerprint density at radius 3 is 2.53 bits per heavy atom. The number of benzene rings is 2. The van der Waals surface area contributed by atoms with Crippen LogP contribution in [0.25, 0.3) is 0 Å². The highest BCUT2D eigenvalue weighted by molar-refractivity contribution is 5.93. The van der Waals surface area contributed by atoms with Crippen LogP contribution >= 0.6 is 0 Å². The first-order valence-corrected chi connectivity index (χ1v) is 11.5. The number of carbonyl (C=O) groups is 2. The fourth-order valence-corrected chi connectivity index (χ4v) is 4.48. The highest BCUT2D eigenvalue weighted by Gasteiger charge is 2.25. The normalized spacial score (nSPS) is 16.5. The number of carbonyl (C=O) groups excluding carboxylic acids is 2. The maximum Gasteiger partial charge on any atom is 0.338 e. The molecule has 2 aliphatic heterocycles. The van der Waals surface area contributed by atoms with Crippen molar-refractivity contribution in [2.24, 2.45) is 5.22 Å². The van der Waals surface area contributed by atoms with Crippen molar-refractivity contribution >= 4 is 18.2 Å². The third-order valence-electron chi connectivity index (χ3n) is 6.53. The molecule has 2 aromatic rings. The van der Waals surface area contributed by atoms with Gasteiger partial charge in [-0.05, 0) is 28.7 Å². The minimum Gasteiger partial charge on any atom is -0.457 e. The van der Waals surface area contributed by atoms with Crippen LogP contribution in [-0.4, -0.2) is 65.7 Å². The Morgan fingerprint density at radius 2 is 1.85 bits per heavy atom. The van der Waals surface area contributed by atoms with Crippen molar-refractivity contribution in [3.05, 3.63) is 70.3 Å². The van der Waals surface area contributed by atoms with Crippen LogP contribution in [0.4, 0.5) is 0 Å². The first-order chi connectivity index (χ1) is 16.5. The van der Waals surface area contributed by atoms with Gasteiger partial charge in [-0.25, -0.2) is 9.80 Å². The van der Waals surface area contributed by atoms with E-state index < -0.39 is 0 Å². The molecule has 0 aromatic heterocycles. The van der Waals surface area contributed by atoms with Crippen molar-refractivity contribution in [1.82, 2.24) is 14.8 Å². The third kappa shape index (κ3) is 5.48. The van der Waals surface area contributed by atoms with E-state index in [0.717, 1.165) is 55.8 Å². The summed E-state index contributed by atoms with van der Waals surface area (Å²) in [6.07, 6.45) is 1.37. The fraction of sp³-hybridized carbons (Fsp3) is 0.400. The van der Waals surface area contributed by atoms with Gasteiger partial charge in [0.2, 0.25) is 5.91 Å². The van der Waals surface area contributed by atoms with E-state index in [1.165, 1.54) is 10.6 Å². The van der Waals surface area contributed by atoms with Crippen LogP contribution in [0.2, 0.25) is 0 Å². The molecule has 1 unspecified atom stereocenters. The van der Waals surface area contributed by atoms with Crippen molar-refractivity contribution in [2.45, 2.75) is 32.4 Å². The van der Waals surface area contributed by atoms with E-state index >= 15 is 0 Å². The fourth-order valence-electron chi connectivity index (χ4n) is 4.48. The number of hydrogen-bond donors (Lipinski definition) is 2. The lowest BCUT2D eigenvalue weighted by Gasteiger charge is -2.36. The van der Waals surface area contributed by atoms with Crippen LogP contribution in [0.1, 0.15) is 45.5 Å². The molecule has 1 atom stereocenters. The standard InChI is InChI=1S/C25H30N6O3/c1-18(21-6-7-23-22(13-21)16-34-25(23)33)14-29-8-10-30(11-9-29)24(32)12-19-2-4-20(5-3-19)15-31(17-26)28-27/h2-7,13,17-18,26-27H,8-12,14-16H2,1H3. The quantitative estimate of drug-likeness (QED) is 0.195. The van der Waals surface area contributed by atoms with E-state index in [9.17, 15) is 9.59 Å². The van der Waals surface area contributed by atoms with Crippen LogP contribution in [0.3, 0.4) is 0 Å². The summed E-state index contributed by atoms with van der Waals surface area (Å²) >= 11 is 0. The number of amides is 1. The smallest absolute Gasteiger partial charge is 0.338 e. The molecule has 9 nitrogen and oxygen atoms in total. The van der Waals surface area contributed by atoms with Crippen LogP contribution in [0.5, 0.6) is 0 Å². The second kappa shape index (κ2) is 10.6. The molecule has 9 heteroatoms. The topological polar surface area (TPSA) is 113 Å². The summed E-state index contributed by atoms with van der Waals surface area (Å²) in [5.41, 5.74) is 11.8. The lowest BCUT2D eigenvalue weighted by molar-refractivity contribution is -0.132. The lowest BCUT2D eigenvalue weighted by atomic mass is 9.96. The Bertz CT molecular complexity index is 1050. The van der Waals surface area contributed by atoms with Crippen LogP contribution in [0.15, 0.2) is 47.7 Å². The summed E-state index contributed by atoms with van der Waals surface area (Å²) in [5.74, 6) is 0.222. The zero-order valence-corrected chi connectivity index (χ0v) is 19.4. The second-order valence-electron chi connectivity index (χ2n) is 8.90. The average Bonchev–Trinajstić information content (AvgIpc) is 3.24. The average molecular weight is 463 g/mol. The molecule has 1 amide bonds. The van der Waals surface area contributed by atoms with E-state index in [2.05, 4.69) is 23.1 Å². The predicted octanol–water partition coefficient (Wildman–Crippen LogP) is 3.20. The van der Waals surface area contributed by atoms with Crippen LogP contribution in [-0.2, 0) is 29.1 Å². The molecular formula is C25H30N6O3. The van der Waals surface area contributed by atoms with Gasteiger partial charge >= 0.3 is 5.97 Å². The van der Waals surface area contributed by atoms with Crippen molar-refractivity contribution < 1.29 is 14.3 Å². The van der Waals surface area contributed by atoms with Crippen LogP contribution in [0, 0.1) is 10.9 Å². The van der Waals surface area contributed by atoms with E-state index in [4.69, 9.17) is 15.7 Å². The van der Waals surface area contributed by atoms with Crippen molar-refractivity contribution in [1.29, 1.82) is 10.9 Å². The van der Waals surface area contributed by atoms with Gasteiger partial charge in [0.25, 0.3) is 0 Å². The number of cyclic esters (lactones) is 1. The Hall–Kier alpha value is -3.59.